The fourth-order valence-corrected chi connectivity index (χ4v) is 1.17. The molecule has 1 aromatic rings. The van der Waals surface area contributed by atoms with Crippen LogP contribution in [0.5, 0.6) is 0 Å². The van der Waals surface area contributed by atoms with Gasteiger partial charge in [0.15, 0.2) is 0 Å². The molecule has 0 aliphatic heterocycles. The average molecular weight is 242 g/mol. The number of hydrogen-bond acceptors (Lipinski definition) is 2. The molecule has 0 unspecified atom stereocenters. The van der Waals surface area contributed by atoms with Crippen LogP contribution in [0.2, 0.25) is 5.02 Å². The Hall–Kier alpha value is -2.04. The van der Waals surface area contributed by atoms with Gasteiger partial charge in [-0.2, -0.15) is 0 Å². The van der Waals surface area contributed by atoms with Crippen LogP contribution in [0.4, 0.5) is 4.39 Å². The van der Waals surface area contributed by atoms with E-state index in [2.05, 4.69) is 10.0 Å². The molecule has 16 heavy (non-hydrogen) atoms. The zero-order valence-corrected chi connectivity index (χ0v) is 8.52. The highest BCUT2D eigenvalue weighted by Crippen LogP contribution is 2.20. The Morgan fingerprint density at radius 1 is 1.62 bits per heavy atom. The van der Waals surface area contributed by atoms with Gasteiger partial charge in [0.25, 0.3) is 0 Å². The van der Waals surface area contributed by atoms with Gasteiger partial charge in [0.2, 0.25) is 0 Å². The lowest BCUT2D eigenvalue weighted by atomic mass is 10.2. The van der Waals surface area contributed by atoms with E-state index in [1.54, 1.807) is 0 Å². The van der Waals surface area contributed by atoms with Gasteiger partial charge in [-0.3, -0.25) is 0 Å². The van der Waals surface area contributed by atoms with E-state index in [4.69, 9.17) is 22.2 Å². The molecule has 7 heteroatoms. The van der Waals surface area contributed by atoms with Gasteiger partial charge < -0.3 is 5.11 Å². The molecule has 0 saturated heterocycles. The van der Waals surface area contributed by atoms with Gasteiger partial charge in [-0.25, -0.2) is 9.18 Å². The zero-order chi connectivity index (χ0) is 12.1. The predicted octanol–water partition coefficient (Wildman–Crippen LogP) is 3.21. The molecule has 0 radical (unpaired) electrons. The van der Waals surface area contributed by atoms with Crippen molar-refractivity contribution in [3.05, 3.63) is 50.7 Å². The van der Waals surface area contributed by atoms with E-state index in [1.165, 1.54) is 6.07 Å². The summed E-state index contributed by atoms with van der Waals surface area (Å²) >= 11 is 5.67. The summed E-state index contributed by atoms with van der Waals surface area (Å²) in [5.74, 6) is -1.93. The molecule has 0 aromatic heterocycles. The van der Waals surface area contributed by atoms with Crippen molar-refractivity contribution in [1.82, 2.24) is 0 Å². The number of halogens is 2. The maximum absolute atomic E-state index is 12.7. The second-order valence-electron chi connectivity index (χ2n) is 2.69. The van der Waals surface area contributed by atoms with E-state index in [0.29, 0.717) is 0 Å². The number of azide groups is 1. The van der Waals surface area contributed by atoms with Gasteiger partial charge in [-0.15, -0.1) is 0 Å². The van der Waals surface area contributed by atoms with Crippen LogP contribution in [0, 0.1) is 5.82 Å². The Labute approximate surface area is 94.4 Å². The fourth-order valence-electron chi connectivity index (χ4n) is 0.947. The van der Waals surface area contributed by atoms with Crippen molar-refractivity contribution in [2.45, 2.75) is 0 Å². The van der Waals surface area contributed by atoms with Gasteiger partial charge in [-0.1, -0.05) is 22.8 Å². The molecule has 0 saturated carbocycles. The van der Waals surface area contributed by atoms with Crippen LogP contribution in [-0.2, 0) is 4.79 Å². The summed E-state index contributed by atoms with van der Waals surface area (Å²) in [4.78, 5) is 13.0. The lowest BCUT2D eigenvalue weighted by Gasteiger charge is -1.99. The van der Waals surface area contributed by atoms with Gasteiger partial charge in [0, 0.05) is 4.91 Å². The van der Waals surface area contributed by atoms with E-state index >= 15 is 0 Å². The molecule has 82 valence electrons. The highest BCUT2D eigenvalue weighted by Gasteiger charge is 2.06. The van der Waals surface area contributed by atoms with Crippen LogP contribution in [0.3, 0.4) is 0 Å². The van der Waals surface area contributed by atoms with Crippen molar-refractivity contribution in [3.63, 3.8) is 0 Å². The van der Waals surface area contributed by atoms with Gasteiger partial charge in [0.05, 0.1) is 5.02 Å². The van der Waals surface area contributed by atoms with Crippen molar-refractivity contribution in [2.24, 2.45) is 5.11 Å². The van der Waals surface area contributed by atoms with E-state index in [0.717, 1.165) is 18.2 Å². The van der Waals surface area contributed by atoms with Crippen molar-refractivity contribution in [2.75, 3.05) is 0 Å². The quantitative estimate of drug-likeness (QED) is 0.381. The molecule has 0 aliphatic carbocycles. The standard InChI is InChI=1S/C9H5ClFN3O2/c10-7-4-6(11)2-1-5(7)3-8(9(15)16)13-14-12/h1-4H,(H,15,16)/b8-3-. The van der Waals surface area contributed by atoms with Crippen LogP contribution in [0.1, 0.15) is 5.56 Å². The third-order valence-electron chi connectivity index (χ3n) is 1.63. The number of aliphatic carboxylic acids is 1. The van der Waals surface area contributed by atoms with E-state index < -0.39 is 17.5 Å². The van der Waals surface area contributed by atoms with E-state index in [9.17, 15) is 9.18 Å². The Morgan fingerprint density at radius 2 is 2.31 bits per heavy atom. The second kappa shape index (κ2) is 5.16. The molecule has 1 aromatic carbocycles. The minimum absolute atomic E-state index is 0.0342. The van der Waals surface area contributed by atoms with Crippen LogP contribution >= 0.6 is 11.6 Å². The first kappa shape index (κ1) is 12.0. The number of benzene rings is 1. The largest absolute Gasteiger partial charge is 0.478 e. The molecule has 5 nitrogen and oxygen atoms in total. The normalized spacial score (nSPS) is 10.8. The first-order valence-corrected chi connectivity index (χ1v) is 4.37. The Morgan fingerprint density at radius 3 is 2.81 bits per heavy atom. The summed E-state index contributed by atoms with van der Waals surface area (Å²) in [5.41, 5.74) is 7.88. The third-order valence-corrected chi connectivity index (χ3v) is 1.95. The van der Waals surface area contributed by atoms with E-state index in [-0.39, 0.29) is 10.6 Å². The summed E-state index contributed by atoms with van der Waals surface area (Å²) in [6, 6.07) is 3.43. The van der Waals surface area contributed by atoms with Crippen LogP contribution in [0.15, 0.2) is 29.0 Å². The molecule has 0 heterocycles. The molecular formula is C9H5ClFN3O2. The van der Waals surface area contributed by atoms with Gasteiger partial charge in [-0.05, 0) is 29.3 Å². The first-order valence-electron chi connectivity index (χ1n) is 3.99. The van der Waals surface area contributed by atoms with Crippen molar-refractivity contribution in [1.29, 1.82) is 0 Å². The predicted molar refractivity (Wildman–Crippen MR) is 56.2 cm³/mol. The lowest BCUT2D eigenvalue weighted by Crippen LogP contribution is -1.96. The van der Waals surface area contributed by atoms with Crippen molar-refractivity contribution >= 4 is 23.6 Å². The van der Waals surface area contributed by atoms with Crippen LogP contribution in [-0.4, -0.2) is 11.1 Å². The number of rotatable bonds is 3. The Kier molecular flexibility index (Phi) is 3.88. The maximum Gasteiger partial charge on any atom is 0.338 e. The molecule has 1 N–H and O–H groups in total. The smallest absolute Gasteiger partial charge is 0.338 e. The number of carboxylic acid groups (broad SMARTS) is 1. The minimum Gasteiger partial charge on any atom is -0.478 e. The van der Waals surface area contributed by atoms with Gasteiger partial charge >= 0.3 is 5.97 Å². The molecular weight excluding hydrogens is 237 g/mol. The van der Waals surface area contributed by atoms with Crippen LogP contribution in [0.25, 0.3) is 16.5 Å². The molecule has 1 rings (SSSR count). The number of hydrogen-bond donors (Lipinski definition) is 1. The molecule has 0 bridgehead atoms. The van der Waals surface area contributed by atoms with Crippen LogP contribution < -0.4 is 0 Å². The highest BCUT2D eigenvalue weighted by molar-refractivity contribution is 6.32. The van der Waals surface area contributed by atoms with Gasteiger partial charge in [0.1, 0.15) is 11.5 Å². The third kappa shape index (κ3) is 2.98. The zero-order valence-electron chi connectivity index (χ0n) is 7.76. The number of carbonyl (C=O) groups is 1. The monoisotopic (exact) mass is 241 g/mol. The summed E-state index contributed by atoms with van der Waals surface area (Å²) in [7, 11) is 0. The Bertz CT molecular complexity index is 505. The topological polar surface area (TPSA) is 86.1 Å². The maximum atomic E-state index is 12.7. The molecule has 0 fully saturated rings. The summed E-state index contributed by atoms with van der Waals surface area (Å²) in [6.07, 6.45) is 1.06. The summed E-state index contributed by atoms with van der Waals surface area (Å²) in [6.45, 7) is 0. The highest BCUT2D eigenvalue weighted by atomic mass is 35.5. The Balaban J connectivity index is 3.23. The number of carboxylic acids is 1. The molecule has 0 atom stereocenters. The second-order valence-corrected chi connectivity index (χ2v) is 3.10. The summed E-state index contributed by atoms with van der Waals surface area (Å²) in [5, 5.41) is 11.7. The van der Waals surface area contributed by atoms with E-state index in [1.807, 2.05) is 0 Å². The molecule has 0 amide bonds. The van der Waals surface area contributed by atoms with Crippen molar-refractivity contribution < 1.29 is 14.3 Å². The SMILES string of the molecule is [N-]=[N+]=N/C(=C\c1ccc(F)cc1Cl)C(=O)O. The average Bonchev–Trinajstić information content (AvgIpc) is 2.20. The first-order chi connectivity index (χ1) is 7.54. The molecule has 0 aliphatic rings. The van der Waals surface area contributed by atoms with Crippen molar-refractivity contribution in [3.8, 4) is 0 Å². The minimum atomic E-state index is -1.39. The lowest BCUT2D eigenvalue weighted by molar-refractivity contribution is -0.132. The molecule has 0 spiro atoms. The number of nitrogens with zero attached hydrogens (tertiary/aromatic N) is 3. The fraction of sp³-hybridized carbons (Fsp3) is 0. The summed E-state index contributed by atoms with van der Waals surface area (Å²) < 4.78 is 12.7.